The molecular weight excluding hydrogens is 1290 g/mol. The summed E-state index contributed by atoms with van der Waals surface area (Å²) in [5.41, 5.74) is 0. The lowest BCUT2D eigenvalue weighted by atomic mass is 9.99. The van der Waals surface area contributed by atoms with Crippen molar-refractivity contribution >= 4 is 39.5 Å². The van der Waals surface area contributed by atoms with E-state index >= 15 is 0 Å². The number of esters is 4. The van der Waals surface area contributed by atoms with Crippen molar-refractivity contribution in [3.8, 4) is 0 Å². The first-order valence-electron chi connectivity index (χ1n) is 41.4. The van der Waals surface area contributed by atoms with E-state index in [0.717, 1.165) is 114 Å². The first-order valence-corrected chi connectivity index (χ1v) is 44.4. The Hall–Kier alpha value is -1.94. The van der Waals surface area contributed by atoms with Crippen LogP contribution in [0.2, 0.25) is 0 Å². The van der Waals surface area contributed by atoms with Gasteiger partial charge in [0.1, 0.15) is 19.3 Å². The van der Waals surface area contributed by atoms with E-state index in [4.69, 9.17) is 37.0 Å². The highest BCUT2D eigenvalue weighted by molar-refractivity contribution is 7.47. The minimum atomic E-state index is -4.96. The third-order valence-electron chi connectivity index (χ3n) is 19.0. The molecule has 0 aliphatic carbocycles. The Morgan fingerprint density at radius 1 is 0.293 bits per heavy atom. The lowest BCUT2D eigenvalue weighted by Crippen LogP contribution is -2.30. The lowest BCUT2D eigenvalue weighted by molar-refractivity contribution is -0.161. The van der Waals surface area contributed by atoms with Gasteiger partial charge in [-0.3, -0.25) is 37.3 Å². The van der Waals surface area contributed by atoms with Crippen molar-refractivity contribution < 1.29 is 80.2 Å². The van der Waals surface area contributed by atoms with E-state index in [1.165, 1.54) is 218 Å². The lowest BCUT2D eigenvalue weighted by Gasteiger charge is -2.21. The maximum atomic E-state index is 13.1. The van der Waals surface area contributed by atoms with E-state index in [0.29, 0.717) is 25.7 Å². The largest absolute Gasteiger partial charge is 0.472 e. The highest BCUT2D eigenvalue weighted by Gasteiger charge is 2.30. The number of unbranched alkanes of at least 4 members (excludes halogenated alkanes) is 45. The fraction of sp³-hybridized carbons (Fsp3) is 0.950. The molecule has 0 aromatic carbocycles. The summed E-state index contributed by atoms with van der Waals surface area (Å²) in [5, 5.41) is 10.6. The molecule has 0 aliphatic rings. The first kappa shape index (κ1) is 97.1. The molecule has 3 N–H and O–H groups in total. The molecule has 0 saturated heterocycles. The predicted molar refractivity (Wildman–Crippen MR) is 405 cm³/mol. The van der Waals surface area contributed by atoms with Crippen molar-refractivity contribution in [3.05, 3.63) is 0 Å². The Kier molecular flexibility index (Phi) is 69.0. The average molecular weight is 1450 g/mol. The molecule has 19 heteroatoms. The van der Waals surface area contributed by atoms with Crippen LogP contribution in [0.4, 0.5) is 0 Å². The van der Waals surface area contributed by atoms with E-state index in [2.05, 4.69) is 48.5 Å². The van der Waals surface area contributed by atoms with Crippen LogP contribution < -0.4 is 0 Å². The summed E-state index contributed by atoms with van der Waals surface area (Å²) in [7, 11) is -9.91. The van der Waals surface area contributed by atoms with Crippen molar-refractivity contribution in [2.24, 2.45) is 17.8 Å². The summed E-state index contributed by atoms with van der Waals surface area (Å²) in [6.45, 7) is 12.0. The maximum Gasteiger partial charge on any atom is 0.472 e. The normalized spacial score (nSPS) is 14.3. The quantitative estimate of drug-likeness (QED) is 0.0222. The number of carbonyl (C=O) groups excluding carboxylic acids is 4. The number of hydrogen-bond acceptors (Lipinski definition) is 15. The second-order valence-electron chi connectivity index (χ2n) is 30.0. The Balaban J connectivity index is 5.18. The SMILES string of the molecule is CCCCCCCCCCC(=O)OC[C@H](COP(=O)(O)OC[C@H](O)COP(=O)(O)OC[C@@H](COC(=O)CCCCCCCCCCCCCCCCC(C)C)OC(=O)CCCCCCCCCCCCCCCCCCCCC(C)CC)OC(=O)CCCCCCCCCCCC(C)C. The highest BCUT2D eigenvalue weighted by Crippen LogP contribution is 2.45. The number of ether oxygens (including phenoxy) is 4. The van der Waals surface area contributed by atoms with Crippen LogP contribution in [0.25, 0.3) is 0 Å². The molecule has 0 amide bonds. The Bertz CT molecular complexity index is 1920. The van der Waals surface area contributed by atoms with Gasteiger partial charge in [-0.25, -0.2) is 9.13 Å². The van der Waals surface area contributed by atoms with E-state index < -0.39 is 97.5 Å². The number of phosphoric acid groups is 2. The molecule has 0 aliphatic heterocycles. The maximum absolute atomic E-state index is 13.1. The summed E-state index contributed by atoms with van der Waals surface area (Å²) in [5.74, 6) is 0.291. The molecule has 0 aromatic heterocycles. The van der Waals surface area contributed by atoms with Gasteiger partial charge in [0.2, 0.25) is 0 Å². The molecule has 99 heavy (non-hydrogen) atoms. The summed E-state index contributed by atoms with van der Waals surface area (Å²) in [6, 6.07) is 0. The number of carbonyl (C=O) groups is 4. The number of phosphoric ester groups is 2. The highest BCUT2D eigenvalue weighted by atomic mass is 31.2. The van der Waals surface area contributed by atoms with Gasteiger partial charge in [0.05, 0.1) is 26.4 Å². The third kappa shape index (κ3) is 72.8. The van der Waals surface area contributed by atoms with E-state index in [9.17, 15) is 43.2 Å². The molecule has 0 saturated carbocycles. The van der Waals surface area contributed by atoms with Crippen LogP contribution >= 0.6 is 15.6 Å². The van der Waals surface area contributed by atoms with Gasteiger partial charge in [-0.15, -0.1) is 0 Å². The first-order chi connectivity index (χ1) is 47.8. The van der Waals surface area contributed by atoms with Crippen LogP contribution in [0.5, 0.6) is 0 Å². The monoisotopic (exact) mass is 1450 g/mol. The minimum Gasteiger partial charge on any atom is -0.462 e. The molecule has 588 valence electrons. The second kappa shape index (κ2) is 70.4. The van der Waals surface area contributed by atoms with Crippen molar-refractivity contribution in [1.82, 2.24) is 0 Å². The summed E-state index contributed by atoms with van der Waals surface area (Å²) < 4.78 is 68.6. The molecule has 0 spiro atoms. The smallest absolute Gasteiger partial charge is 0.462 e. The number of rotatable bonds is 78. The van der Waals surface area contributed by atoms with Crippen LogP contribution in [0.1, 0.15) is 414 Å². The zero-order chi connectivity index (χ0) is 73.0. The zero-order valence-corrected chi connectivity index (χ0v) is 66.8. The molecule has 0 heterocycles. The molecule has 3 unspecified atom stereocenters. The summed E-state index contributed by atoms with van der Waals surface area (Å²) >= 11 is 0. The van der Waals surface area contributed by atoms with Crippen LogP contribution in [0.3, 0.4) is 0 Å². The van der Waals surface area contributed by atoms with Gasteiger partial charge in [0, 0.05) is 25.7 Å². The number of hydrogen-bond donors (Lipinski definition) is 3. The fourth-order valence-corrected chi connectivity index (χ4v) is 13.9. The summed E-state index contributed by atoms with van der Waals surface area (Å²) in [4.78, 5) is 72.8. The van der Waals surface area contributed by atoms with Crippen LogP contribution in [0.15, 0.2) is 0 Å². The van der Waals surface area contributed by atoms with Crippen molar-refractivity contribution in [3.63, 3.8) is 0 Å². The molecule has 0 radical (unpaired) electrons. The molecule has 0 rings (SSSR count). The van der Waals surface area contributed by atoms with E-state index in [-0.39, 0.29) is 25.7 Å². The molecule has 0 fully saturated rings. The van der Waals surface area contributed by atoms with Gasteiger partial charge in [-0.05, 0) is 43.4 Å². The van der Waals surface area contributed by atoms with Gasteiger partial charge in [0.25, 0.3) is 0 Å². The van der Waals surface area contributed by atoms with E-state index in [1.54, 1.807) is 0 Å². The van der Waals surface area contributed by atoms with Crippen molar-refractivity contribution in [2.45, 2.75) is 433 Å². The molecule has 0 aromatic rings. The fourth-order valence-electron chi connectivity index (χ4n) is 12.3. The standard InChI is InChI=1S/C80H156O17P2/c1-8-10-11-12-13-40-47-54-61-77(82)90-67-75(97-80(85)64-57-50-43-36-30-32-38-45-52-59-72(5)6)69-94-98(86,87)92-65-74(81)66-93-99(88,89)95-70-76(68-91-78(83)62-55-48-41-34-28-24-21-20-22-26-31-37-44-51-58-71(3)4)96-79(84)63-56-49-42-35-29-25-19-17-15-14-16-18-23-27-33-39-46-53-60-73(7)9-2/h71-76,81H,8-70H2,1-7H3,(H,86,87)(H,88,89)/t73?,74-,75+,76+/m0/s1. The van der Waals surface area contributed by atoms with Gasteiger partial charge in [0.15, 0.2) is 12.2 Å². The topological polar surface area (TPSA) is 237 Å². The van der Waals surface area contributed by atoms with Crippen molar-refractivity contribution in [1.29, 1.82) is 0 Å². The Morgan fingerprint density at radius 2 is 0.515 bits per heavy atom. The Labute approximate surface area is 607 Å². The van der Waals surface area contributed by atoms with Gasteiger partial charge in [-0.2, -0.15) is 0 Å². The molecule has 17 nitrogen and oxygen atoms in total. The van der Waals surface area contributed by atoms with Gasteiger partial charge in [-0.1, -0.05) is 363 Å². The molecule has 0 bridgehead atoms. The van der Waals surface area contributed by atoms with Gasteiger partial charge >= 0.3 is 39.5 Å². The predicted octanol–water partition coefficient (Wildman–Crippen LogP) is 23.7. The van der Waals surface area contributed by atoms with Gasteiger partial charge < -0.3 is 33.8 Å². The number of aliphatic hydroxyl groups is 1. The van der Waals surface area contributed by atoms with Crippen LogP contribution in [-0.2, 0) is 65.4 Å². The molecule has 6 atom stereocenters. The minimum absolute atomic E-state index is 0.105. The summed E-state index contributed by atoms with van der Waals surface area (Å²) in [6.07, 6.45) is 58.4. The third-order valence-corrected chi connectivity index (χ3v) is 20.9. The van der Waals surface area contributed by atoms with Crippen LogP contribution in [0, 0.1) is 17.8 Å². The van der Waals surface area contributed by atoms with Crippen LogP contribution in [-0.4, -0.2) is 96.7 Å². The molecular formula is C80H156O17P2. The Morgan fingerprint density at radius 3 is 0.768 bits per heavy atom. The van der Waals surface area contributed by atoms with E-state index in [1.807, 2.05) is 0 Å². The second-order valence-corrected chi connectivity index (χ2v) is 32.9. The average Bonchev–Trinajstić information content (AvgIpc) is 1.03. The zero-order valence-electron chi connectivity index (χ0n) is 65.0. The van der Waals surface area contributed by atoms with Crippen molar-refractivity contribution in [2.75, 3.05) is 39.6 Å². The number of aliphatic hydroxyl groups excluding tert-OH is 1.